The lowest BCUT2D eigenvalue weighted by atomic mass is 9.94. The van der Waals surface area contributed by atoms with Crippen LogP contribution in [0.1, 0.15) is 11.1 Å². The van der Waals surface area contributed by atoms with Gasteiger partial charge in [0, 0.05) is 5.33 Å². The molecule has 0 saturated heterocycles. The Labute approximate surface area is 130 Å². The van der Waals surface area contributed by atoms with E-state index in [0.717, 1.165) is 22.9 Å². The van der Waals surface area contributed by atoms with Crippen molar-refractivity contribution < 1.29 is 8.78 Å². The lowest BCUT2D eigenvalue weighted by molar-refractivity contribution is 0.580. The molecule has 0 radical (unpaired) electrons. The Kier molecular flexibility index (Phi) is 5.55. The van der Waals surface area contributed by atoms with E-state index in [-0.39, 0.29) is 22.6 Å². The maximum Gasteiger partial charge on any atom is 0.142 e. The molecule has 20 heavy (non-hydrogen) atoms. The van der Waals surface area contributed by atoms with Crippen molar-refractivity contribution in [2.75, 3.05) is 5.33 Å². The molecule has 0 aliphatic carbocycles. The summed E-state index contributed by atoms with van der Waals surface area (Å²) in [5, 5.41) is 0.967. The van der Waals surface area contributed by atoms with Gasteiger partial charge >= 0.3 is 0 Å². The van der Waals surface area contributed by atoms with Crippen LogP contribution < -0.4 is 0 Å². The molecule has 0 N–H and O–H groups in total. The summed E-state index contributed by atoms with van der Waals surface area (Å²) in [7, 11) is 0. The first-order chi connectivity index (χ1) is 9.60. The SMILES string of the molecule is Fc1ccc(CC(CBr)Cc2cccc(F)c2Cl)cc1. The highest BCUT2D eigenvalue weighted by Gasteiger charge is 2.13. The number of benzene rings is 2. The largest absolute Gasteiger partial charge is 0.207 e. The summed E-state index contributed by atoms with van der Waals surface area (Å²) in [5.41, 5.74) is 1.86. The fraction of sp³-hybridized carbons (Fsp3) is 0.250. The first-order valence-corrected chi connectivity index (χ1v) is 7.83. The van der Waals surface area contributed by atoms with Gasteiger partial charge in [0.25, 0.3) is 0 Å². The van der Waals surface area contributed by atoms with Crippen LogP contribution in [0.25, 0.3) is 0 Å². The minimum absolute atomic E-state index is 0.192. The van der Waals surface area contributed by atoms with Gasteiger partial charge in [-0.05, 0) is 48.1 Å². The Morgan fingerprint density at radius 2 is 1.70 bits per heavy atom. The topological polar surface area (TPSA) is 0 Å². The van der Waals surface area contributed by atoms with Gasteiger partial charge in [-0.15, -0.1) is 0 Å². The lowest BCUT2D eigenvalue weighted by Gasteiger charge is -2.15. The zero-order valence-electron chi connectivity index (χ0n) is 10.8. The third kappa shape index (κ3) is 4.03. The molecule has 0 aliphatic rings. The van der Waals surface area contributed by atoms with E-state index in [2.05, 4.69) is 15.9 Å². The molecule has 0 fully saturated rings. The van der Waals surface area contributed by atoms with Crippen molar-refractivity contribution in [1.82, 2.24) is 0 Å². The fourth-order valence-electron chi connectivity index (χ4n) is 2.15. The number of hydrogen-bond donors (Lipinski definition) is 0. The van der Waals surface area contributed by atoms with E-state index in [1.54, 1.807) is 18.2 Å². The molecule has 2 rings (SSSR count). The van der Waals surface area contributed by atoms with Crippen LogP contribution in [0.2, 0.25) is 5.02 Å². The molecule has 0 bridgehead atoms. The Bertz CT molecular complexity index is 569. The average Bonchev–Trinajstić information content (AvgIpc) is 2.45. The standard InChI is InChI=1S/C16H14BrClF2/c17-10-12(8-11-4-6-14(19)7-5-11)9-13-2-1-3-15(20)16(13)18/h1-7,12H,8-10H2. The Balaban J connectivity index is 2.09. The van der Waals surface area contributed by atoms with E-state index in [1.165, 1.54) is 18.2 Å². The van der Waals surface area contributed by atoms with Gasteiger partial charge in [0.1, 0.15) is 11.6 Å². The Hall–Kier alpha value is -0.930. The van der Waals surface area contributed by atoms with Crippen LogP contribution in [0, 0.1) is 17.6 Å². The second-order valence-corrected chi connectivity index (χ2v) is 5.79. The predicted octanol–water partition coefficient (Wildman–Crippen LogP) is 5.41. The average molecular weight is 360 g/mol. The predicted molar refractivity (Wildman–Crippen MR) is 82.5 cm³/mol. The zero-order valence-corrected chi connectivity index (χ0v) is 13.1. The van der Waals surface area contributed by atoms with E-state index in [4.69, 9.17) is 11.6 Å². The summed E-state index contributed by atoms with van der Waals surface area (Å²) in [6.45, 7) is 0. The Morgan fingerprint density at radius 3 is 2.35 bits per heavy atom. The van der Waals surface area contributed by atoms with Gasteiger partial charge in [-0.25, -0.2) is 8.78 Å². The zero-order chi connectivity index (χ0) is 14.5. The molecular formula is C16H14BrClF2. The summed E-state index contributed by atoms with van der Waals surface area (Å²) < 4.78 is 26.3. The maximum absolute atomic E-state index is 13.4. The molecule has 0 saturated carbocycles. The van der Waals surface area contributed by atoms with E-state index in [0.29, 0.717) is 6.42 Å². The van der Waals surface area contributed by atoms with Crippen molar-refractivity contribution in [2.45, 2.75) is 12.8 Å². The molecule has 4 heteroatoms. The molecule has 1 unspecified atom stereocenters. The van der Waals surface area contributed by atoms with Crippen molar-refractivity contribution in [3.63, 3.8) is 0 Å². The molecule has 0 amide bonds. The van der Waals surface area contributed by atoms with Gasteiger partial charge in [0.15, 0.2) is 0 Å². The van der Waals surface area contributed by atoms with Crippen LogP contribution in [0.3, 0.4) is 0 Å². The van der Waals surface area contributed by atoms with Gasteiger partial charge in [0.05, 0.1) is 5.02 Å². The van der Waals surface area contributed by atoms with Gasteiger partial charge in [-0.2, -0.15) is 0 Å². The summed E-state index contributed by atoms with van der Waals surface area (Å²) in [6, 6.07) is 11.3. The molecule has 0 aliphatic heterocycles. The van der Waals surface area contributed by atoms with Crippen molar-refractivity contribution in [3.05, 3.63) is 70.2 Å². The fourth-order valence-corrected chi connectivity index (χ4v) is 2.81. The third-order valence-corrected chi connectivity index (χ3v) is 4.53. The number of rotatable bonds is 5. The minimum Gasteiger partial charge on any atom is -0.207 e. The van der Waals surface area contributed by atoms with Crippen LogP contribution in [0.15, 0.2) is 42.5 Å². The van der Waals surface area contributed by atoms with E-state index >= 15 is 0 Å². The molecule has 0 nitrogen and oxygen atoms in total. The van der Waals surface area contributed by atoms with Crippen molar-refractivity contribution in [2.24, 2.45) is 5.92 Å². The molecule has 0 spiro atoms. The van der Waals surface area contributed by atoms with Gasteiger partial charge in [-0.3, -0.25) is 0 Å². The van der Waals surface area contributed by atoms with E-state index < -0.39 is 0 Å². The molecule has 1 atom stereocenters. The molecular weight excluding hydrogens is 346 g/mol. The first kappa shape index (κ1) is 15.5. The molecule has 2 aromatic rings. The van der Waals surface area contributed by atoms with Crippen LogP contribution in [0.4, 0.5) is 8.78 Å². The first-order valence-electron chi connectivity index (χ1n) is 6.33. The number of alkyl halides is 1. The number of halogens is 4. The highest BCUT2D eigenvalue weighted by atomic mass is 79.9. The second-order valence-electron chi connectivity index (χ2n) is 4.77. The summed E-state index contributed by atoms with van der Waals surface area (Å²) in [5.74, 6) is -0.351. The molecule has 2 aromatic carbocycles. The molecule has 106 valence electrons. The van der Waals surface area contributed by atoms with Crippen molar-refractivity contribution in [3.8, 4) is 0 Å². The minimum atomic E-state index is -0.390. The summed E-state index contributed by atoms with van der Waals surface area (Å²) in [4.78, 5) is 0. The smallest absolute Gasteiger partial charge is 0.142 e. The Morgan fingerprint density at radius 1 is 1.00 bits per heavy atom. The van der Waals surface area contributed by atoms with Crippen LogP contribution in [-0.2, 0) is 12.8 Å². The van der Waals surface area contributed by atoms with Crippen molar-refractivity contribution >= 4 is 27.5 Å². The number of hydrogen-bond acceptors (Lipinski definition) is 0. The third-order valence-electron chi connectivity index (χ3n) is 3.20. The van der Waals surface area contributed by atoms with E-state index in [9.17, 15) is 8.78 Å². The van der Waals surface area contributed by atoms with Crippen LogP contribution >= 0.6 is 27.5 Å². The van der Waals surface area contributed by atoms with E-state index in [1.807, 2.05) is 6.07 Å². The molecule has 0 heterocycles. The van der Waals surface area contributed by atoms with Gasteiger partial charge in [0.2, 0.25) is 0 Å². The monoisotopic (exact) mass is 358 g/mol. The second kappa shape index (κ2) is 7.19. The summed E-state index contributed by atoms with van der Waals surface area (Å²) >= 11 is 9.46. The van der Waals surface area contributed by atoms with Crippen molar-refractivity contribution in [1.29, 1.82) is 0 Å². The van der Waals surface area contributed by atoms with Crippen LogP contribution in [-0.4, -0.2) is 5.33 Å². The highest BCUT2D eigenvalue weighted by molar-refractivity contribution is 9.09. The molecule has 0 aromatic heterocycles. The normalized spacial score (nSPS) is 12.4. The van der Waals surface area contributed by atoms with Crippen LogP contribution in [0.5, 0.6) is 0 Å². The quantitative estimate of drug-likeness (QED) is 0.626. The van der Waals surface area contributed by atoms with Gasteiger partial charge < -0.3 is 0 Å². The maximum atomic E-state index is 13.4. The summed E-state index contributed by atoms with van der Waals surface area (Å²) in [6.07, 6.45) is 1.47. The lowest BCUT2D eigenvalue weighted by Crippen LogP contribution is -2.10. The highest BCUT2D eigenvalue weighted by Crippen LogP contribution is 2.24. The van der Waals surface area contributed by atoms with Gasteiger partial charge in [-0.1, -0.05) is 51.8 Å².